The van der Waals surface area contributed by atoms with E-state index in [2.05, 4.69) is 20.6 Å². The lowest BCUT2D eigenvalue weighted by Crippen LogP contribution is -2.33. The number of carboxylic acid groups (broad SMARTS) is 1. The Bertz CT molecular complexity index is 1250. The van der Waals surface area contributed by atoms with E-state index in [1.54, 1.807) is 0 Å². The molecule has 34 heavy (non-hydrogen) atoms. The molecule has 1 unspecified atom stereocenters. The number of hydrogen-bond donors (Lipinski definition) is 4. The largest absolute Gasteiger partial charge is 0.480 e. The Kier molecular flexibility index (Phi) is 7.33. The SMILES string of the molecule is O=C(Nc1nc(-c2ccc(F)c(C(F)(F)F)c2)c(F)s1)c1cnc(NC(CO)C(=O)O)c(Cl)c1. The summed E-state index contributed by atoms with van der Waals surface area (Å²) < 4.78 is 66.6. The molecule has 2 aromatic heterocycles. The number of benzene rings is 1. The average Bonchev–Trinajstić information content (AvgIpc) is 3.11. The molecule has 1 atom stereocenters. The van der Waals surface area contributed by atoms with Gasteiger partial charge in [-0.05, 0) is 24.3 Å². The van der Waals surface area contributed by atoms with Gasteiger partial charge in [0.2, 0.25) is 5.13 Å². The molecule has 1 amide bonds. The van der Waals surface area contributed by atoms with Crippen molar-refractivity contribution >= 4 is 45.8 Å². The van der Waals surface area contributed by atoms with Gasteiger partial charge in [-0.1, -0.05) is 22.9 Å². The van der Waals surface area contributed by atoms with E-state index in [-0.39, 0.29) is 27.1 Å². The molecule has 0 saturated heterocycles. The van der Waals surface area contributed by atoms with Crippen LogP contribution in [0.1, 0.15) is 15.9 Å². The van der Waals surface area contributed by atoms with Gasteiger partial charge in [-0.25, -0.2) is 19.2 Å². The van der Waals surface area contributed by atoms with Crippen molar-refractivity contribution in [1.82, 2.24) is 9.97 Å². The van der Waals surface area contributed by atoms with Gasteiger partial charge in [-0.2, -0.15) is 17.6 Å². The number of rotatable bonds is 7. The van der Waals surface area contributed by atoms with Crippen molar-refractivity contribution in [2.45, 2.75) is 12.2 Å². The normalized spacial score (nSPS) is 12.3. The fraction of sp³-hybridized carbons (Fsp3) is 0.158. The Labute approximate surface area is 196 Å². The second kappa shape index (κ2) is 9.87. The van der Waals surface area contributed by atoms with Crippen molar-refractivity contribution in [3.8, 4) is 11.3 Å². The fourth-order valence-corrected chi connectivity index (χ4v) is 3.54. The third kappa shape index (κ3) is 5.58. The van der Waals surface area contributed by atoms with Crippen LogP contribution in [0.15, 0.2) is 30.5 Å². The summed E-state index contributed by atoms with van der Waals surface area (Å²) in [5.41, 5.74) is -2.60. The van der Waals surface area contributed by atoms with Gasteiger partial charge in [0.15, 0.2) is 5.13 Å². The number of nitrogens with one attached hydrogen (secondary N) is 2. The van der Waals surface area contributed by atoms with Crippen LogP contribution in [0, 0.1) is 10.9 Å². The summed E-state index contributed by atoms with van der Waals surface area (Å²) >= 11 is 6.31. The zero-order chi connectivity index (χ0) is 25.2. The molecule has 0 spiro atoms. The minimum Gasteiger partial charge on any atom is -0.480 e. The van der Waals surface area contributed by atoms with Crippen LogP contribution < -0.4 is 10.6 Å². The molecule has 0 aliphatic heterocycles. The van der Waals surface area contributed by atoms with Crippen molar-refractivity contribution in [3.63, 3.8) is 0 Å². The fourth-order valence-electron chi connectivity index (χ4n) is 2.61. The molecule has 8 nitrogen and oxygen atoms in total. The van der Waals surface area contributed by atoms with Crippen molar-refractivity contribution in [2.24, 2.45) is 0 Å². The van der Waals surface area contributed by atoms with Crippen LogP contribution in [0.25, 0.3) is 11.3 Å². The third-order valence-electron chi connectivity index (χ3n) is 4.25. The first-order chi connectivity index (χ1) is 15.9. The molecule has 0 fully saturated rings. The van der Waals surface area contributed by atoms with Crippen molar-refractivity contribution in [1.29, 1.82) is 0 Å². The van der Waals surface area contributed by atoms with Crippen molar-refractivity contribution in [2.75, 3.05) is 17.2 Å². The highest BCUT2D eigenvalue weighted by atomic mass is 35.5. The molecule has 3 aromatic rings. The number of carbonyl (C=O) groups is 2. The number of aromatic nitrogens is 2. The van der Waals surface area contributed by atoms with Gasteiger partial charge >= 0.3 is 12.1 Å². The average molecular weight is 523 g/mol. The molecule has 0 aliphatic carbocycles. The number of carbonyl (C=O) groups excluding carboxylic acids is 1. The van der Waals surface area contributed by atoms with E-state index in [0.29, 0.717) is 23.5 Å². The zero-order valence-corrected chi connectivity index (χ0v) is 18.0. The number of amides is 1. The number of carboxylic acids is 1. The Morgan fingerprint density at radius 2 is 1.91 bits per heavy atom. The van der Waals surface area contributed by atoms with E-state index in [1.807, 2.05) is 0 Å². The van der Waals surface area contributed by atoms with Gasteiger partial charge < -0.3 is 15.5 Å². The summed E-state index contributed by atoms with van der Waals surface area (Å²) in [6.45, 7) is -0.758. The number of aliphatic hydroxyl groups excluding tert-OH is 1. The monoisotopic (exact) mass is 522 g/mol. The maximum atomic E-state index is 14.3. The first-order valence-electron chi connectivity index (χ1n) is 9.01. The van der Waals surface area contributed by atoms with Gasteiger partial charge in [0.05, 0.1) is 22.8 Å². The van der Waals surface area contributed by atoms with E-state index in [1.165, 1.54) is 0 Å². The second-order valence-electron chi connectivity index (χ2n) is 6.56. The molecular weight excluding hydrogens is 511 g/mol. The van der Waals surface area contributed by atoms with Crippen LogP contribution in [0.2, 0.25) is 5.02 Å². The lowest BCUT2D eigenvalue weighted by molar-refractivity contribution is -0.140. The lowest BCUT2D eigenvalue weighted by atomic mass is 10.1. The Hall–Kier alpha value is -3.36. The van der Waals surface area contributed by atoms with Gasteiger partial charge in [-0.15, -0.1) is 0 Å². The maximum absolute atomic E-state index is 14.3. The highest BCUT2D eigenvalue weighted by Gasteiger charge is 2.34. The first-order valence-corrected chi connectivity index (χ1v) is 10.2. The number of aliphatic hydroxyl groups is 1. The van der Waals surface area contributed by atoms with Gasteiger partial charge in [0.25, 0.3) is 5.91 Å². The molecular formula is C19H12ClF5N4O4S. The van der Waals surface area contributed by atoms with Crippen LogP contribution in [0.3, 0.4) is 0 Å². The zero-order valence-electron chi connectivity index (χ0n) is 16.5. The minimum absolute atomic E-state index is 0.126. The van der Waals surface area contributed by atoms with Crippen LogP contribution in [-0.4, -0.2) is 44.7 Å². The second-order valence-corrected chi connectivity index (χ2v) is 7.92. The number of nitrogens with zero attached hydrogens (tertiary/aromatic N) is 2. The van der Waals surface area contributed by atoms with E-state index >= 15 is 0 Å². The molecule has 1 aromatic carbocycles. The molecule has 180 valence electrons. The summed E-state index contributed by atoms with van der Waals surface area (Å²) in [6.07, 6.45) is -3.99. The highest BCUT2D eigenvalue weighted by Crippen LogP contribution is 2.36. The predicted molar refractivity (Wildman–Crippen MR) is 112 cm³/mol. The minimum atomic E-state index is -5.00. The summed E-state index contributed by atoms with van der Waals surface area (Å²) in [5.74, 6) is -3.88. The number of hydrogen-bond acceptors (Lipinski definition) is 7. The van der Waals surface area contributed by atoms with Crippen molar-refractivity contribution in [3.05, 3.63) is 57.6 Å². The molecule has 0 aliphatic rings. The Morgan fingerprint density at radius 1 is 1.21 bits per heavy atom. The van der Waals surface area contributed by atoms with Gasteiger partial charge in [0.1, 0.15) is 23.4 Å². The number of thiazole rings is 1. The quantitative estimate of drug-likeness (QED) is 0.342. The number of aliphatic carboxylic acids is 1. The number of halogens is 6. The summed E-state index contributed by atoms with van der Waals surface area (Å²) in [5, 5.41) is 21.1. The molecule has 4 N–H and O–H groups in total. The van der Waals surface area contributed by atoms with Gasteiger partial charge in [-0.3, -0.25) is 10.1 Å². The van der Waals surface area contributed by atoms with Crippen LogP contribution in [0.5, 0.6) is 0 Å². The van der Waals surface area contributed by atoms with E-state index < -0.39 is 52.9 Å². The molecule has 0 saturated carbocycles. The van der Waals surface area contributed by atoms with Crippen LogP contribution in [0.4, 0.5) is 32.9 Å². The first kappa shape index (κ1) is 25.3. The summed E-state index contributed by atoms with van der Waals surface area (Å²) in [7, 11) is 0. The number of anilines is 2. The predicted octanol–water partition coefficient (Wildman–Crippen LogP) is 4.27. The standard InChI is InChI=1S/C19H12ClF5N4O4S/c20-10-4-8(5-26-15(10)27-12(6-30)17(32)33)16(31)29-18-28-13(14(22)34-18)7-1-2-11(21)9(3-7)19(23,24)25/h1-5,12,30H,6H2,(H,26,27)(H,32,33)(H,28,29,31). The van der Waals surface area contributed by atoms with Gasteiger partial charge in [0, 0.05) is 11.8 Å². The Balaban J connectivity index is 1.80. The molecule has 0 radical (unpaired) electrons. The number of alkyl halides is 3. The Morgan fingerprint density at radius 3 is 2.50 bits per heavy atom. The topological polar surface area (TPSA) is 124 Å². The molecule has 2 heterocycles. The number of pyridine rings is 1. The highest BCUT2D eigenvalue weighted by molar-refractivity contribution is 7.14. The summed E-state index contributed by atoms with van der Waals surface area (Å²) in [6, 6.07) is 1.57. The van der Waals surface area contributed by atoms with E-state index in [0.717, 1.165) is 18.3 Å². The van der Waals surface area contributed by atoms with Crippen LogP contribution >= 0.6 is 22.9 Å². The molecule has 0 bridgehead atoms. The molecule has 3 rings (SSSR count). The van der Waals surface area contributed by atoms with E-state index in [9.17, 15) is 31.5 Å². The van der Waals surface area contributed by atoms with Crippen molar-refractivity contribution < 1.29 is 41.8 Å². The smallest absolute Gasteiger partial charge is 0.419 e. The lowest BCUT2D eigenvalue weighted by Gasteiger charge is -2.13. The summed E-state index contributed by atoms with van der Waals surface area (Å²) in [4.78, 5) is 31.0. The van der Waals surface area contributed by atoms with Crippen LogP contribution in [-0.2, 0) is 11.0 Å². The van der Waals surface area contributed by atoms with E-state index in [4.69, 9.17) is 21.8 Å². The third-order valence-corrected chi connectivity index (χ3v) is 5.29. The maximum Gasteiger partial charge on any atom is 0.419 e. The molecule has 15 heteroatoms.